The van der Waals surface area contributed by atoms with E-state index in [0.717, 1.165) is 63.1 Å². The van der Waals surface area contributed by atoms with Gasteiger partial charge in [0.25, 0.3) is 0 Å². The molecular weight excluding hydrogens is 565 g/mol. The average Bonchev–Trinajstić information content (AvgIpc) is 3.24. The first-order valence-electron chi connectivity index (χ1n) is 15.1. The summed E-state index contributed by atoms with van der Waals surface area (Å²) in [5, 5.41) is 3.44. The average molecular weight is 602 g/mol. The Morgan fingerprint density at radius 2 is 1.32 bits per heavy atom. The minimum atomic E-state index is -1.63. The number of nitrogens with zero attached hydrogens (tertiary/aromatic N) is 1. The molecule has 0 saturated heterocycles. The Balaban J connectivity index is 1.58. The van der Waals surface area contributed by atoms with Gasteiger partial charge in [0.2, 0.25) is 0 Å². The fraction of sp³-hybridized carbons (Fsp3) is 0.211. The van der Waals surface area contributed by atoms with Gasteiger partial charge in [-0.15, -0.1) is 0 Å². The molecule has 1 aliphatic carbocycles. The third-order valence-electron chi connectivity index (χ3n) is 8.54. The predicted octanol–water partition coefficient (Wildman–Crippen LogP) is 10.2. The van der Waals surface area contributed by atoms with Crippen molar-refractivity contribution >= 4 is 29.9 Å². The summed E-state index contributed by atoms with van der Waals surface area (Å²) in [6.45, 7) is 4.40. The van der Waals surface area contributed by atoms with Crippen molar-refractivity contribution in [3.63, 3.8) is 0 Å². The molecule has 6 aromatic rings. The Hall–Kier alpha value is -4.44. The summed E-state index contributed by atoms with van der Waals surface area (Å²) in [7, 11) is 1.81. The fourth-order valence-corrected chi connectivity index (χ4v) is 8.30. The van der Waals surface area contributed by atoms with Crippen molar-refractivity contribution in [3.8, 4) is 22.6 Å². The van der Waals surface area contributed by atoms with E-state index < -0.39 is 8.16 Å². The SMILES string of the molecule is COc1ccccc1C(c1ccccc1OC)N(C(C)C)p1oc2c(c3c(ccc4ccccc43)o1)-c1ccccc1CC2. The molecule has 0 amide bonds. The van der Waals surface area contributed by atoms with Crippen LogP contribution in [0.25, 0.3) is 32.9 Å². The zero-order valence-electron chi connectivity index (χ0n) is 25.5. The van der Waals surface area contributed by atoms with Crippen LogP contribution in [0.15, 0.2) is 118 Å². The lowest BCUT2D eigenvalue weighted by molar-refractivity contribution is 0.397. The van der Waals surface area contributed by atoms with Crippen LogP contribution in [0, 0.1) is 0 Å². The van der Waals surface area contributed by atoms with Gasteiger partial charge in [-0.2, -0.15) is 4.67 Å². The highest BCUT2D eigenvalue weighted by Gasteiger charge is 2.35. The Labute approximate surface area is 259 Å². The van der Waals surface area contributed by atoms with Crippen LogP contribution in [0.5, 0.6) is 11.5 Å². The summed E-state index contributed by atoms with van der Waals surface area (Å²) in [5.74, 6) is 2.59. The van der Waals surface area contributed by atoms with E-state index in [9.17, 15) is 0 Å². The maximum Gasteiger partial charge on any atom is 0.310 e. The molecule has 0 aliphatic heterocycles. The lowest BCUT2D eigenvalue weighted by atomic mass is 9.86. The maximum atomic E-state index is 7.16. The molecule has 7 rings (SSSR count). The zero-order valence-corrected chi connectivity index (χ0v) is 26.4. The summed E-state index contributed by atoms with van der Waals surface area (Å²) in [6, 6.07) is 37.7. The predicted molar refractivity (Wildman–Crippen MR) is 180 cm³/mol. The monoisotopic (exact) mass is 601 g/mol. The van der Waals surface area contributed by atoms with E-state index in [1.54, 1.807) is 14.2 Å². The Morgan fingerprint density at radius 1 is 0.682 bits per heavy atom. The van der Waals surface area contributed by atoms with Gasteiger partial charge in [0, 0.05) is 34.5 Å². The van der Waals surface area contributed by atoms with Crippen molar-refractivity contribution in [1.82, 2.24) is 0 Å². The number of para-hydroxylation sites is 2. The van der Waals surface area contributed by atoms with Gasteiger partial charge in [-0.1, -0.05) is 91.0 Å². The Bertz CT molecular complexity index is 1970. The molecule has 5 nitrogen and oxygen atoms in total. The van der Waals surface area contributed by atoms with E-state index in [1.165, 1.54) is 16.5 Å². The number of hydrogen-bond donors (Lipinski definition) is 0. The standard InChI is InChI=1S/C38H36NO4P/c1-25(2)39(38(30-17-9-11-19-32(30)40-3)31-18-10-12-20-33(31)41-4)44-42-34-23-21-26-13-5-7-15-28(26)36(34)37-29-16-8-6-14-27(29)22-24-35(37)43-44/h5-21,23,25,38H,22,24H2,1-4H3. The van der Waals surface area contributed by atoms with Crippen molar-refractivity contribution in [3.05, 3.63) is 132 Å². The van der Waals surface area contributed by atoms with Gasteiger partial charge in [-0.3, -0.25) is 0 Å². The number of aryl methyl sites for hydroxylation is 2. The largest absolute Gasteiger partial charge is 0.496 e. The van der Waals surface area contributed by atoms with Crippen LogP contribution in [-0.4, -0.2) is 20.3 Å². The molecule has 0 spiro atoms. The summed E-state index contributed by atoms with van der Waals surface area (Å²) in [5.41, 5.74) is 6.57. The fourth-order valence-electron chi connectivity index (χ4n) is 6.57. The smallest absolute Gasteiger partial charge is 0.310 e. The van der Waals surface area contributed by atoms with E-state index in [1.807, 2.05) is 24.3 Å². The van der Waals surface area contributed by atoms with Crippen LogP contribution in [0.3, 0.4) is 0 Å². The van der Waals surface area contributed by atoms with Crippen molar-refractivity contribution < 1.29 is 17.9 Å². The van der Waals surface area contributed by atoms with Gasteiger partial charge in [-0.25, -0.2) is 0 Å². The molecule has 0 N–H and O–H groups in total. The summed E-state index contributed by atoms with van der Waals surface area (Å²) in [6.07, 6.45) is 1.72. The molecule has 1 unspecified atom stereocenters. The second-order valence-corrected chi connectivity index (χ2v) is 12.7. The van der Waals surface area contributed by atoms with Gasteiger partial charge in [-0.05, 0) is 60.4 Å². The number of methoxy groups -OCH3 is 2. The van der Waals surface area contributed by atoms with Crippen LogP contribution < -0.4 is 14.1 Å². The van der Waals surface area contributed by atoms with Gasteiger partial charge in [0.15, 0.2) is 0 Å². The Morgan fingerprint density at radius 3 is 2.02 bits per heavy atom. The molecule has 1 aromatic heterocycles. The summed E-state index contributed by atoms with van der Waals surface area (Å²) in [4.78, 5) is 0. The van der Waals surface area contributed by atoms with Crippen LogP contribution in [0.2, 0.25) is 0 Å². The quantitative estimate of drug-likeness (QED) is 0.182. The normalized spacial score (nSPS) is 12.9. The van der Waals surface area contributed by atoms with Gasteiger partial charge in [0.05, 0.1) is 20.3 Å². The molecule has 1 heterocycles. The van der Waals surface area contributed by atoms with Crippen molar-refractivity contribution in [2.75, 3.05) is 18.9 Å². The number of fused-ring (bicyclic) bond motifs is 7. The third-order valence-corrected chi connectivity index (χ3v) is 10.3. The summed E-state index contributed by atoms with van der Waals surface area (Å²) < 4.78 is 28.5. The number of benzene rings is 5. The number of hydrogen-bond acceptors (Lipinski definition) is 5. The van der Waals surface area contributed by atoms with Crippen molar-refractivity contribution in [2.24, 2.45) is 0 Å². The molecule has 0 saturated carbocycles. The van der Waals surface area contributed by atoms with E-state index in [4.69, 9.17) is 17.9 Å². The molecule has 222 valence electrons. The first-order chi connectivity index (χ1) is 21.6. The molecule has 5 aromatic carbocycles. The molecule has 1 atom stereocenters. The van der Waals surface area contributed by atoms with E-state index in [-0.39, 0.29) is 12.1 Å². The highest BCUT2D eigenvalue weighted by Crippen LogP contribution is 2.50. The second-order valence-electron chi connectivity index (χ2n) is 11.4. The van der Waals surface area contributed by atoms with Crippen LogP contribution in [0.1, 0.15) is 42.3 Å². The van der Waals surface area contributed by atoms with Crippen molar-refractivity contribution in [1.29, 1.82) is 0 Å². The molecule has 44 heavy (non-hydrogen) atoms. The third kappa shape index (κ3) is 4.87. The van der Waals surface area contributed by atoms with Crippen LogP contribution >= 0.6 is 8.16 Å². The highest BCUT2D eigenvalue weighted by atomic mass is 31.1. The highest BCUT2D eigenvalue weighted by molar-refractivity contribution is 7.39. The van der Waals surface area contributed by atoms with E-state index in [0.29, 0.717) is 0 Å². The van der Waals surface area contributed by atoms with Gasteiger partial charge < -0.3 is 17.9 Å². The lowest BCUT2D eigenvalue weighted by Gasteiger charge is -2.34. The van der Waals surface area contributed by atoms with Crippen LogP contribution in [-0.2, 0) is 12.8 Å². The summed E-state index contributed by atoms with van der Waals surface area (Å²) >= 11 is 0. The molecular formula is C38H36NO4P. The van der Waals surface area contributed by atoms with Gasteiger partial charge in [0.1, 0.15) is 22.8 Å². The second kappa shape index (κ2) is 11.9. The topological polar surface area (TPSA) is 48.0 Å². The molecule has 1 aliphatic rings. The number of rotatable bonds is 7. The first kappa shape index (κ1) is 28.3. The lowest BCUT2D eigenvalue weighted by Crippen LogP contribution is -2.33. The maximum absolute atomic E-state index is 7.16. The minimum absolute atomic E-state index is 0.0443. The molecule has 0 radical (unpaired) electrons. The van der Waals surface area contributed by atoms with Crippen molar-refractivity contribution in [2.45, 2.75) is 38.8 Å². The number of ether oxygens (including phenoxy) is 2. The molecule has 6 heteroatoms. The molecule has 0 fully saturated rings. The Kier molecular flexibility index (Phi) is 7.68. The minimum Gasteiger partial charge on any atom is -0.496 e. The van der Waals surface area contributed by atoms with E-state index >= 15 is 0 Å². The molecule has 0 bridgehead atoms. The van der Waals surface area contributed by atoms with E-state index in [2.05, 4.69) is 103 Å². The van der Waals surface area contributed by atoms with Gasteiger partial charge >= 0.3 is 8.16 Å². The first-order valence-corrected chi connectivity index (χ1v) is 16.3. The van der Waals surface area contributed by atoms with Crippen LogP contribution in [0.4, 0.5) is 0 Å². The zero-order chi connectivity index (χ0) is 30.2.